The van der Waals surface area contributed by atoms with Gasteiger partial charge >= 0.3 is 6.18 Å². The fraction of sp³-hybridized carbons (Fsp3) is 0.556. The summed E-state index contributed by atoms with van der Waals surface area (Å²) in [5.41, 5.74) is 2.52. The van der Waals surface area contributed by atoms with Gasteiger partial charge in [-0.2, -0.15) is 13.2 Å². The van der Waals surface area contributed by atoms with Gasteiger partial charge in [-0.15, -0.1) is 0 Å². The molecule has 33 heavy (non-hydrogen) atoms. The van der Waals surface area contributed by atoms with Gasteiger partial charge in [-0.1, -0.05) is 84.1 Å². The first-order valence-corrected chi connectivity index (χ1v) is 11.8. The molecule has 1 aromatic carbocycles. The van der Waals surface area contributed by atoms with Crippen molar-refractivity contribution in [3.05, 3.63) is 58.9 Å². The highest BCUT2D eigenvalue weighted by molar-refractivity contribution is 6.01. The third kappa shape index (κ3) is 17.0. The van der Waals surface area contributed by atoms with Crippen molar-refractivity contribution in [2.24, 2.45) is 4.99 Å². The zero-order valence-corrected chi connectivity index (χ0v) is 21.7. The van der Waals surface area contributed by atoms with Gasteiger partial charge in [0.2, 0.25) is 0 Å². The van der Waals surface area contributed by atoms with Gasteiger partial charge in [0.05, 0.1) is 16.9 Å². The Morgan fingerprint density at radius 3 is 1.82 bits per heavy atom. The van der Waals surface area contributed by atoms with Crippen LogP contribution in [0.1, 0.15) is 96.0 Å². The van der Waals surface area contributed by atoms with Crippen LogP contribution in [0.4, 0.5) is 18.9 Å². The van der Waals surface area contributed by atoms with E-state index in [1.54, 1.807) is 20.8 Å². The van der Waals surface area contributed by atoms with E-state index in [0.29, 0.717) is 11.4 Å². The minimum absolute atomic E-state index is 0.241. The van der Waals surface area contributed by atoms with Crippen molar-refractivity contribution in [2.75, 3.05) is 6.61 Å². The molecule has 0 saturated heterocycles. The first kappa shape index (κ1) is 33.0. The van der Waals surface area contributed by atoms with Crippen molar-refractivity contribution in [1.29, 1.82) is 0 Å². The molecule has 1 N–H and O–H groups in total. The Kier molecular flexibility index (Phi) is 19.3. The first-order valence-electron chi connectivity index (χ1n) is 11.8. The number of halogens is 3. The average Bonchev–Trinajstić information content (AvgIpc) is 3.60. The molecular weight excluding hydrogens is 425 g/mol. The second kappa shape index (κ2) is 19.3. The number of hydrogen-bond acceptors (Lipinski definition) is 3. The van der Waals surface area contributed by atoms with Gasteiger partial charge < -0.3 is 5.11 Å². The van der Waals surface area contributed by atoms with Gasteiger partial charge in [0.1, 0.15) is 0 Å². The summed E-state index contributed by atoms with van der Waals surface area (Å²) in [6.45, 7) is 15.8. The molecule has 2 aromatic rings. The summed E-state index contributed by atoms with van der Waals surface area (Å²) in [6.07, 6.45) is 3.42. The number of hydrogen-bond donors (Lipinski definition) is 1. The molecule has 1 aromatic heterocycles. The van der Waals surface area contributed by atoms with Crippen LogP contribution in [-0.4, -0.2) is 22.4 Å². The van der Waals surface area contributed by atoms with Crippen LogP contribution in [0.3, 0.4) is 0 Å². The minimum Gasteiger partial charge on any atom is -0.397 e. The molecule has 6 heteroatoms. The first-order chi connectivity index (χ1) is 15.5. The van der Waals surface area contributed by atoms with Gasteiger partial charge in [-0.05, 0) is 44.9 Å². The molecule has 0 radical (unpaired) electrons. The van der Waals surface area contributed by atoms with Gasteiger partial charge in [0, 0.05) is 18.5 Å². The number of benzene rings is 1. The van der Waals surface area contributed by atoms with Crippen LogP contribution in [0.15, 0.2) is 41.5 Å². The minimum atomic E-state index is -4.42. The number of nitrogens with zero attached hydrogens (tertiary/aromatic N) is 2. The molecular formula is C27H43F3N2O. The van der Waals surface area contributed by atoms with E-state index in [4.69, 9.17) is 5.11 Å². The van der Waals surface area contributed by atoms with Crippen LogP contribution >= 0.6 is 0 Å². The van der Waals surface area contributed by atoms with Gasteiger partial charge in [-0.25, -0.2) is 0 Å². The summed E-state index contributed by atoms with van der Waals surface area (Å²) in [5.74, 6) is 0. The summed E-state index contributed by atoms with van der Waals surface area (Å²) in [7, 11) is 0. The van der Waals surface area contributed by atoms with E-state index in [2.05, 4.69) is 37.7 Å². The maximum absolute atomic E-state index is 12.7. The number of aliphatic hydroxyl groups excluding tert-OH is 1. The number of alkyl halides is 3. The lowest BCUT2D eigenvalue weighted by Gasteiger charge is -2.10. The number of aliphatic hydroxyl groups is 1. The topological polar surface area (TPSA) is 45.5 Å². The van der Waals surface area contributed by atoms with Crippen LogP contribution in [-0.2, 0) is 6.18 Å². The quantitative estimate of drug-likeness (QED) is 0.447. The Hall–Kier alpha value is -2.21. The number of aromatic nitrogens is 1. The molecule has 0 bridgehead atoms. The SMILES string of the molecule is C1CC1.CC(=Nc1cc(C(F)(F)F)cnc1C)c1ccccc1C.CCC.CCC.CCO. The summed E-state index contributed by atoms with van der Waals surface area (Å²) in [5, 5.41) is 7.57. The molecule has 1 aliphatic rings. The second-order valence-electron chi connectivity index (χ2n) is 7.63. The van der Waals surface area contributed by atoms with Gasteiger partial charge in [-0.3, -0.25) is 9.98 Å². The number of aryl methyl sites for hydroxylation is 2. The van der Waals surface area contributed by atoms with E-state index in [1.807, 2.05) is 31.2 Å². The normalized spacial score (nSPS) is 11.8. The van der Waals surface area contributed by atoms with Crippen LogP contribution in [0, 0.1) is 13.8 Å². The molecule has 0 unspecified atom stereocenters. The summed E-state index contributed by atoms with van der Waals surface area (Å²) >= 11 is 0. The Balaban J connectivity index is 0. The molecule has 1 saturated carbocycles. The Morgan fingerprint density at radius 1 is 0.970 bits per heavy atom. The Morgan fingerprint density at radius 2 is 1.42 bits per heavy atom. The fourth-order valence-electron chi connectivity index (χ4n) is 2.01. The third-order valence-corrected chi connectivity index (χ3v) is 3.56. The van der Waals surface area contributed by atoms with Crippen molar-refractivity contribution in [3.63, 3.8) is 0 Å². The highest BCUT2D eigenvalue weighted by Gasteiger charge is 2.31. The molecule has 0 atom stereocenters. The predicted octanol–water partition coefficient (Wildman–Crippen LogP) is 8.86. The molecule has 1 aliphatic carbocycles. The molecule has 1 fully saturated rings. The number of rotatable bonds is 2. The smallest absolute Gasteiger partial charge is 0.397 e. The van der Waals surface area contributed by atoms with Crippen molar-refractivity contribution in [2.45, 2.75) is 93.7 Å². The summed E-state index contributed by atoms with van der Waals surface area (Å²) in [6, 6.07) is 8.64. The van der Waals surface area contributed by atoms with Crippen LogP contribution < -0.4 is 0 Å². The van der Waals surface area contributed by atoms with E-state index in [9.17, 15) is 13.2 Å². The van der Waals surface area contributed by atoms with Crippen molar-refractivity contribution >= 4 is 11.4 Å². The number of pyridine rings is 1. The van der Waals surface area contributed by atoms with E-state index in [-0.39, 0.29) is 12.3 Å². The van der Waals surface area contributed by atoms with Crippen LogP contribution in [0.5, 0.6) is 0 Å². The summed E-state index contributed by atoms with van der Waals surface area (Å²) < 4.78 is 38.2. The standard InChI is InChI=1S/C16H15F3N2.C3H6.2C3H8.C2H6O/c1-10-6-4-5-7-14(10)11(2)21-15-8-13(16(17,18)19)9-20-12(15)3;1-2-3-1;2*1-3-2;1-2-3/h4-9H,1-3H3;1-3H2;2*3H2,1-2H3;3H,2H2,1H3. The summed E-state index contributed by atoms with van der Waals surface area (Å²) in [4.78, 5) is 8.11. The van der Waals surface area contributed by atoms with Crippen molar-refractivity contribution in [1.82, 2.24) is 4.98 Å². The van der Waals surface area contributed by atoms with E-state index in [1.165, 1.54) is 32.1 Å². The fourth-order valence-corrected chi connectivity index (χ4v) is 2.01. The predicted molar refractivity (Wildman–Crippen MR) is 136 cm³/mol. The van der Waals surface area contributed by atoms with Crippen molar-refractivity contribution in [3.8, 4) is 0 Å². The highest BCUT2D eigenvalue weighted by atomic mass is 19.4. The molecule has 188 valence electrons. The molecule has 0 spiro atoms. The zero-order valence-electron chi connectivity index (χ0n) is 21.7. The second-order valence-corrected chi connectivity index (χ2v) is 7.63. The maximum Gasteiger partial charge on any atom is 0.417 e. The molecule has 1 heterocycles. The molecule has 0 amide bonds. The third-order valence-electron chi connectivity index (χ3n) is 3.56. The zero-order chi connectivity index (χ0) is 25.9. The van der Waals surface area contributed by atoms with E-state index < -0.39 is 11.7 Å². The van der Waals surface area contributed by atoms with E-state index >= 15 is 0 Å². The molecule has 3 nitrogen and oxygen atoms in total. The molecule has 3 rings (SSSR count). The van der Waals surface area contributed by atoms with E-state index in [0.717, 1.165) is 23.4 Å². The Bertz CT molecular complexity index is 778. The lowest BCUT2D eigenvalue weighted by atomic mass is 10.1. The lowest BCUT2D eigenvalue weighted by Crippen LogP contribution is -2.06. The van der Waals surface area contributed by atoms with Crippen LogP contribution in [0.25, 0.3) is 0 Å². The van der Waals surface area contributed by atoms with Gasteiger partial charge in [0.25, 0.3) is 0 Å². The maximum atomic E-state index is 12.7. The monoisotopic (exact) mass is 468 g/mol. The number of aliphatic imine (C=N–C) groups is 1. The van der Waals surface area contributed by atoms with Crippen molar-refractivity contribution < 1.29 is 18.3 Å². The van der Waals surface area contributed by atoms with Crippen LogP contribution in [0.2, 0.25) is 0 Å². The highest BCUT2D eigenvalue weighted by Crippen LogP contribution is 2.32. The molecule has 0 aliphatic heterocycles. The lowest BCUT2D eigenvalue weighted by molar-refractivity contribution is -0.137. The van der Waals surface area contributed by atoms with Gasteiger partial charge in [0.15, 0.2) is 0 Å². The average molecular weight is 469 g/mol. The largest absolute Gasteiger partial charge is 0.417 e. The Labute approximate surface area is 199 Å².